The highest BCUT2D eigenvalue weighted by Crippen LogP contribution is 2.36. The number of esters is 2. The molecule has 1 aliphatic heterocycles. The van der Waals surface area contributed by atoms with Crippen molar-refractivity contribution in [3.8, 4) is 0 Å². The zero-order chi connectivity index (χ0) is 20.1. The quantitative estimate of drug-likeness (QED) is 0.605. The molecule has 0 atom stereocenters. The lowest BCUT2D eigenvalue weighted by Gasteiger charge is -2.15. The number of aromatic amines is 1. The lowest BCUT2D eigenvalue weighted by molar-refractivity contribution is -0.135. The molecule has 1 aliphatic rings. The molecule has 2 heterocycles. The molecular formula is C18H16N4O5S. The van der Waals surface area contributed by atoms with Crippen LogP contribution in [0.1, 0.15) is 17.4 Å². The number of benzene rings is 1. The van der Waals surface area contributed by atoms with Gasteiger partial charge in [-0.25, -0.2) is 19.6 Å². The zero-order valence-corrected chi connectivity index (χ0v) is 15.9. The van der Waals surface area contributed by atoms with Crippen LogP contribution in [-0.2, 0) is 19.1 Å². The summed E-state index contributed by atoms with van der Waals surface area (Å²) in [6.45, 7) is 1.88. The van der Waals surface area contributed by atoms with Gasteiger partial charge in [0.05, 0.1) is 30.6 Å². The van der Waals surface area contributed by atoms with E-state index in [0.717, 1.165) is 17.8 Å². The fraction of sp³-hybridized carbons (Fsp3) is 0.167. The number of carbonyl (C=O) groups is 3. The maximum Gasteiger partial charge on any atom is 0.358 e. The third-order valence-electron chi connectivity index (χ3n) is 3.57. The van der Waals surface area contributed by atoms with Gasteiger partial charge in [0.15, 0.2) is 16.7 Å². The third kappa shape index (κ3) is 3.96. The van der Waals surface area contributed by atoms with Crippen molar-refractivity contribution in [1.29, 1.82) is 0 Å². The lowest BCUT2D eigenvalue weighted by Crippen LogP contribution is -2.28. The standard InChI is InChI=1S/C18H16N4O5S/c1-3-27-17(25)14-15(20-10-19-14)21-18-22(11-7-5-4-6-8-11)16(24)12(28-18)9-13(23)26-2/h4-10H,3H2,1-2H3,(H,19,20)/b12-9-,21-18-. The summed E-state index contributed by atoms with van der Waals surface area (Å²) in [5.41, 5.74) is 0.626. The molecule has 0 saturated carbocycles. The second kappa shape index (κ2) is 8.53. The van der Waals surface area contributed by atoms with E-state index in [4.69, 9.17) is 4.74 Å². The molecule has 9 nitrogen and oxygen atoms in total. The smallest absolute Gasteiger partial charge is 0.358 e. The molecule has 3 rings (SSSR count). The SMILES string of the molecule is CCOC(=O)c1[nH]cnc1/N=C1\S/C(=C\C(=O)OC)C(=O)N1c1ccccc1. The maximum atomic E-state index is 12.8. The molecule has 1 N–H and O–H groups in total. The number of aliphatic imine (C=N–C) groups is 1. The molecule has 28 heavy (non-hydrogen) atoms. The van der Waals surface area contributed by atoms with E-state index in [1.165, 1.54) is 18.3 Å². The molecule has 0 unspecified atom stereocenters. The summed E-state index contributed by atoms with van der Waals surface area (Å²) in [4.78, 5) is 49.0. The number of hydrogen-bond acceptors (Lipinski definition) is 8. The van der Waals surface area contributed by atoms with Crippen LogP contribution in [-0.4, -0.2) is 46.7 Å². The number of para-hydroxylation sites is 1. The van der Waals surface area contributed by atoms with Gasteiger partial charge in [-0.15, -0.1) is 0 Å². The molecular weight excluding hydrogens is 384 g/mol. The predicted molar refractivity (Wildman–Crippen MR) is 103 cm³/mol. The van der Waals surface area contributed by atoms with Crippen LogP contribution in [0.3, 0.4) is 0 Å². The number of rotatable bonds is 5. The Hall–Kier alpha value is -3.40. The van der Waals surface area contributed by atoms with E-state index in [0.29, 0.717) is 5.69 Å². The minimum absolute atomic E-state index is 0.0702. The normalized spacial score (nSPS) is 16.6. The van der Waals surface area contributed by atoms with Gasteiger partial charge in [0, 0.05) is 6.08 Å². The third-order valence-corrected chi connectivity index (χ3v) is 4.54. The van der Waals surface area contributed by atoms with Crippen molar-refractivity contribution in [2.75, 3.05) is 18.6 Å². The Morgan fingerprint density at radius 2 is 2.07 bits per heavy atom. The number of methoxy groups -OCH3 is 1. The van der Waals surface area contributed by atoms with Gasteiger partial charge >= 0.3 is 11.9 Å². The summed E-state index contributed by atoms with van der Waals surface area (Å²) < 4.78 is 9.58. The second-order valence-corrected chi connectivity index (χ2v) is 6.34. The molecule has 144 valence electrons. The van der Waals surface area contributed by atoms with Crippen molar-refractivity contribution in [3.05, 3.63) is 53.3 Å². The number of nitrogens with one attached hydrogen (secondary N) is 1. The molecule has 0 bridgehead atoms. The van der Waals surface area contributed by atoms with Crippen molar-refractivity contribution >= 4 is 46.3 Å². The highest BCUT2D eigenvalue weighted by atomic mass is 32.2. The molecule has 1 amide bonds. The number of nitrogens with zero attached hydrogens (tertiary/aromatic N) is 3. The van der Waals surface area contributed by atoms with Crippen molar-refractivity contribution in [1.82, 2.24) is 9.97 Å². The lowest BCUT2D eigenvalue weighted by atomic mass is 10.3. The summed E-state index contributed by atoms with van der Waals surface area (Å²) in [5.74, 6) is -1.62. The van der Waals surface area contributed by atoms with E-state index in [2.05, 4.69) is 19.7 Å². The Morgan fingerprint density at radius 3 is 2.75 bits per heavy atom. The minimum atomic E-state index is -0.655. The molecule has 0 spiro atoms. The number of imidazole rings is 1. The fourth-order valence-electron chi connectivity index (χ4n) is 2.34. The minimum Gasteiger partial charge on any atom is -0.466 e. The summed E-state index contributed by atoms with van der Waals surface area (Å²) in [5, 5.41) is 0.240. The zero-order valence-electron chi connectivity index (χ0n) is 15.0. The number of amidine groups is 1. The largest absolute Gasteiger partial charge is 0.466 e. The first kappa shape index (κ1) is 19.4. The summed E-state index contributed by atoms with van der Waals surface area (Å²) in [6.07, 6.45) is 2.41. The molecule has 10 heteroatoms. The monoisotopic (exact) mass is 400 g/mol. The first-order chi connectivity index (χ1) is 13.5. The van der Waals surface area contributed by atoms with E-state index in [1.807, 2.05) is 6.07 Å². The maximum absolute atomic E-state index is 12.8. The van der Waals surface area contributed by atoms with Gasteiger partial charge in [-0.1, -0.05) is 18.2 Å². The first-order valence-electron chi connectivity index (χ1n) is 8.21. The molecule has 1 aromatic heterocycles. The number of H-pyrrole nitrogens is 1. The summed E-state index contributed by atoms with van der Waals surface area (Å²) >= 11 is 0.978. The number of aromatic nitrogens is 2. The van der Waals surface area contributed by atoms with Crippen LogP contribution >= 0.6 is 11.8 Å². The number of carbonyl (C=O) groups excluding carboxylic acids is 3. The van der Waals surface area contributed by atoms with Crippen LogP contribution in [0.2, 0.25) is 0 Å². The fourth-order valence-corrected chi connectivity index (χ4v) is 3.28. The van der Waals surface area contributed by atoms with Gasteiger partial charge in [0.2, 0.25) is 0 Å². The Labute approximate surface area is 164 Å². The number of anilines is 1. The van der Waals surface area contributed by atoms with Gasteiger partial charge in [0.1, 0.15) is 0 Å². The number of ether oxygens (including phenoxy) is 2. The number of amides is 1. The van der Waals surface area contributed by atoms with Crippen molar-refractivity contribution in [3.63, 3.8) is 0 Å². The van der Waals surface area contributed by atoms with Gasteiger partial charge in [-0.2, -0.15) is 0 Å². The Balaban J connectivity index is 2.04. The number of hydrogen-bond donors (Lipinski definition) is 1. The summed E-state index contributed by atoms with van der Waals surface area (Å²) in [7, 11) is 1.22. The van der Waals surface area contributed by atoms with E-state index in [-0.39, 0.29) is 28.2 Å². The van der Waals surface area contributed by atoms with Crippen LogP contribution < -0.4 is 4.90 Å². The van der Waals surface area contributed by atoms with Crippen LogP contribution in [0.15, 0.2) is 52.6 Å². The first-order valence-corrected chi connectivity index (χ1v) is 9.03. The van der Waals surface area contributed by atoms with Gasteiger partial charge in [0.25, 0.3) is 5.91 Å². The average molecular weight is 400 g/mol. The molecule has 1 saturated heterocycles. The molecule has 1 fully saturated rings. The van der Waals surface area contributed by atoms with E-state index >= 15 is 0 Å². The van der Waals surface area contributed by atoms with Gasteiger partial charge in [-0.05, 0) is 30.8 Å². The molecule has 0 aliphatic carbocycles. The van der Waals surface area contributed by atoms with Gasteiger partial charge in [-0.3, -0.25) is 9.69 Å². The average Bonchev–Trinajstić information content (AvgIpc) is 3.27. The Bertz CT molecular complexity index is 967. The second-order valence-electron chi connectivity index (χ2n) is 5.33. The van der Waals surface area contributed by atoms with E-state index < -0.39 is 17.8 Å². The Morgan fingerprint density at radius 1 is 1.32 bits per heavy atom. The topological polar surface area (TPSA) is 114 Å². The molecule has 1 aromatic carbocycles. The molecule has 0 radical (unpaired) electrons. The summed E-state index contributed by atoms with van der Waals surface area (Å²) in [6, 6.07) is 8.81. The Kier molecular flexibility index (Phi) is 5.90. The highest BCUT2D eigenvalue weighted by molar-refractivity contribution is 8.19. The highest BCUT2D eigenvalue weighted by Gasteiger charge is 2.36. The van der Waals surface area contributed by atoms with E-state index in [1.54, 1.807) is 31.2 Å². The van der Waals surface area contributed by atoms with Crippen LogP contribution in [0, 0.1) is 0 Å². The van der Waals surface area contributed by atoms with Crippen molar-refractivity contribution in [2.45, 2.75) is 6.92 Å². The van der Waals surface area contributed by atoms with Crippen LogP contribution in [0.25, 0.3) is 0 Å². The van der Waals surface area contributed by atoms with Crippen LogP contribution in [0.5, 0.6) is 0 Å². The van der Waals surface area contributed by atoms with Crippen LogP contribution in [0.4, 0.5) is 11.5 Å². The van der Waals surface area contributed by atoms with Crippen molar-refractivity contribution in [2.24, 2.45) is 4.99 Å². The molecule has 2 aromatic rings. The predicted octanol–water partition coefficient (Wildman–Crippen LogP) is 2.41. The van der Waals surface area contributed by atoms with Crippen molar-refractivity contribution < 1.29 is 23.9 Å². The van der Waals surface area contributed by atoms with Gasteiger partial charge < -0.3 is 14.5 Å². The number of thioether (sulfide) groups is 1. The van der Waals surface area contributed by atoms with E-state index in [9.17, 15) is 14.4 Å².